The lowest BCUT2D eigenvalue weighted by atomic mass is 10.1. The quantitative estimate of drug-likeness (QED) is 0.550. The molecule has 0 saturated heterocycles. The van der Waals surface area contributed by atoms with Gasteiger partial charge in [0, 0.05) is 17.8 Å². The average Bonchev–Trinajstić information content (AvgIpc) is 3.09. The standard InChI is InChI=1S/C20H19N5O/c1-14-10-18(16-6-4-3-5-7-16)22-20(21-14)13-25(2)12-15-8-9-17-19(11-15)24-26-23-17/h3-11H,12-13H2,1-2H3. The molecule has 0 bridgehead atoms. The molecule has 2 heterocycles. The molecule has 0 atom stereocenters. The number of fused-ring (bicyclic) bond motifs is 1. The van der Waals surface area contributed by atoms with Crippen LogP contribution in [0, 0.1) is 6.92 Å². The highest BCUT2D eigenvalue weighted by atomic mass is 16.6. The number of rotatable bonds is 5. The lowest BCUT2D eigenvalue weighted by Crippen LogP contribution is -2.19. The van der Waals surface area contributed by atoms with E-state index in [-0.39, 0.29) is 0 Å². The minimum Gasteiger partial charge on any atom is -0.295 e. The maximum Gasteiger partial charge on any atom is 0.143 e. The second-order valence-corrected chi connectivity index (χ2v) is 6.44. The molecule has 6 nitrogen and oxygen atoms in total. The van der Waals surface area contributed by atoms with Crippen LogP contribution in [0.4, 0.5) is 0 Å². The van der Waals surface area contributed by atoms with Crippen molar-refractivity contribution in [3.05, 3.63) is 71.7 Å². The number of benzene rings is 2. The molecular weight excluding hydrogens is 326 g/mol. The first-order valence-electron chi connectivity index (χ1n) is 8.47. The van der Waals surface area contributed by atoms with Gasteiger partial charge in [0.1, 0.15) is 16.9 Å². The summed E-state index contributed by atoms with van der Waals surface area (Å²) < 4.78 is 4.76. The van der Waals surface area contributed by atoms with E-state index in [1.54, 1.807) is 0 Å². The van der Waals surface area contributed by atoms with Crippen LogP contribution in [0.3, 0.4) is 0 Å². The first-order chi connectivity index (χ1) is 12.7. The predicted molar refractivity (Wildman–Crippen MR) is 99.2 cm³/mol. The molecule has 0 saturated carbocycles. The summed E-state index contributed by atoms with van der Waals surface area (Å²) >= 11 is 0. The average molecular weight is 345 g/mol. The van der Waals surface area contributed by atoms with E-state index in [0.29, 0.717) is 6.54 Å². The lowest BCUT2D eigenvalue weighted by molar-refractivity contribution is 0.310. The van der Waals surface area contributed by atoms with Crippen molar-refractivity contribution in [2.75, 3.05) is 7.05 Å². The van der Waals surface area contributed by atoms with E-state index in [1.807, 2.05) is 49.4 Å². The smallest absolute Gasteiger partial charge is 0.143 e. The first kappa shape index (κ1) is 16.4. The predicted octanol–water partition coefficient (Wildman–Crippen LogP) is 3.62. The minimum atomic E-state index is 0.663. The number of aromatic nitrogens is 4. The van der Waals surface area contributed by atoms with Crippen molar-refractivity contribution in [2.45, 2.75) is 20.0 Å². The van der Waals surface area contributed by atoms with Gasteiger partial charge in [0.2, 0.25) is 0 Å². The summed E-state index contributed by atoms with van der Waals surface area (Å²) in [5, 5.41) is 7.73. The molecule has 0 fully saturated rings. The normalized spacial score (nSPS) is 11.3. The summed E-state index contributed by atoms with van der Waals surface area (Å²) in [6, 6.07) is 18.2. The van der Waals surface area contributed by atoms with Crippen LogP contribution < -0.4 is 0 Å². The number of hydrogen-bond acceptors (Lipinski definition) is 6. The van der Waals surface area contributed by atoms with Gasteiger partial charge in [-0.3, -0.25) is 4.90 Å². The number of hydrogen-bond donors (Lipinski definition) is 0. The fourth-order valence-electron chi connectivity index (χ4n) is 2.99. The molecule has 6 heteroatoms. The van der Waals surface area contributed by atoms with Crippen LogP contribution in [0.15, 0.2) is 59.2 Å². The van der Waals surface area contributed by atoms with Gasteiger partial charge >= 0.3 is 0 Å². The monoisotopic (exact) mass is 345 g/mol. The molecule has 2 aromatic carbocycles. The van der Waals surface area contributed by atoms with Crippen molar-refractivity contribution in [2.24, 2.45) is 0 Å². The summed E-state index contributed by atoms with van der Waals surface area (Å²) in [5.41, 5.74) is 5.71. The van der Waals surface area contributed by atoms with E-state index in [1.165, 1.54) is 0 Å². The van der Waals surface area contributed by atoms with Crippen LogP contribution in [0.25, 0.3) is 22.3 Å². The van der Waals surface area contributed by atoms with Crippen molar-refractivity contribution in [3.8, 4) is 11.3 Å². The van der Waals surface area contributed by atoms with E-state index in [4.69, 9.17) is 9.61 Å². The van der Waals surface area contributed by atoms with Crippen LogP contribution in [-0.2, 0) is 13.1 Å². The van der Waals surface area contributed by atoms with Gasteiger partial charge in [-0.15, -0.1) is 0 Å². The van der Waals surface area contributed by atoms with Gasteiger partial charge in [-0.2, -0.15) is 0 Å². The van der Waals surface area contributed by atoms with Crippen molar-refractivity contribution in [1.29, 1.82) is 0 Å². The molecule has 0 amide bonds. The van der Waals surface area contributed by atoms with Gasteiger partial charge in [-0.1, -0.05) is 36.4 Å². The maximum atomic E-state index is 4.76. The third-order valence-corrected chi connectivity index (χ3v) is 4.15. The molecule has 0 spiro atoms. The first-order valence-corrected chi connectivity index (χ1v) is 8.47. The molecule has 0 aliphatic heterocycles. The summed E-state index contributed by atoms with van der Waals surface area (Å²) in [6.07, 6.45) is 0. The van der Waals surface area contributed by atoms with Gasteiger partial charge in [-0.05, 0) is 48.0 Å². The third kappa shape index (κ3) is 3.60. The SMILES string of the molecule is Cc1cc(-c2ccccc2)nc(CN(C)Cc2ccc3nonc3c2)n1. The number of nitrogens with zero attached hydrogens (tertiary/aromatic N) is 5. The van der Waals surface area contributed by atoms with Crippen molar-refractivity contribution in [3.63, 3.8) is 0 Å². The van der Waals surface area contributed by atoms with Crippen LogP contribution in [0.5, 0.6) is 0 Å². The van der Waals surface area contributed by atoms with Crippen LogP contribution in [0.1, 0.15) is 17.1 Å². The van der Waals surface area contributed by atoms with Crippen LogP contribution in [0.2, 0.25) is 0 Å². The summed E-state index contributed by atoms with van der Waals surface area (Å²) in [6.45, 7) is 3.43. The summed E-state index contributed by atoms with van der Waals surface area (Å²) in [5.74, 6) is 0.815. The fraction of sp³-hybridized carbons (Fsp3) is 0.200. The molecule has 0 aliphatic carbocycles. The number of aryl methyl sites for hydroxylation is 1. The van der Waals surface area contributed by atoms with Crippen molar-refractivity contribution < 1.29 is 4.63 Å². The lowest BCUT2D eigenvalue weighted by Gasteiger charge is -2.16. The highest BCUT2D eigenvalue weighted by molar-refractivity contribution is 5.73. The molecule has 26 heavy (non-hydrogen) atoms. The van der Waals surface area contributed by atoms with Gasteiger partial charge in [0.25, 0.3) is 0 Å². The summed E-state index contributed by atoms with van der Waals surface area (Å²) in [7, 11) is 2.05. The van der Waals surface area contributed by atoms with Crippen molar-refractivity contribution in [1.82, 2.24) is 25.2 Å². The Balaban J connectivity index is 1.51. The third-order valence-electron chi connectivity index (χ3n) is 4.15. The molecule has 130 valence electrons. The van der Waals surface area contributed by atoms with E-state index in [0.717, 1.165) is 45.9 Å². The minimum absolute atomic E-state index is 0.663. The Morgan fingerprint density at radius 1 is 0.885 bits per heavy atom. The van der Waals surface area contributed by atoms with Gasteiger partial charge in [0.15, 0.2) is 0 Å². The fourth-order valence-corrected chi connectivity index (χ4v) is 2.99. The molecule has 4 aromatic rings. The second kappa shape index (κ2) is 7.01. The van der Waals surface area contributed by atoms with Crippen LogP contribution >= 0.6 is 0 Å². The molecule has 0 unspecified atom stereocenters. The Kier molecular flexibility index (Phi) is 4.41. The second-order valence-electron chi connectivity index (χ2n) is 6.44. The molecule has 4 rings (SSSR count). The van der Waals surface area contributed by atoms with E-state index in [2.05, 4.69) is 39.4 Å². The van der Waals surface area contributed by atoms with E-state index in [9.17, 15) is 0 Å². The Morgan fingerprint density at radius 2 is 1.69 bits per heavy atom. The zero-order valence-corrected chi connectivity index (χ0v) is 14.8. The van der Waals surface area contributed by atoms with Gasteiger partial charge in [0.05, 0.1) is 12.2 Å². The van der Waals surface area contributed by atoms with E-state index < -0.39 is 0 Å². The highest BCUT2D eigenvalue weighted by Gasteiger charge is 2.09. The topological polar surface area (TPSA) is 67.9 Å². The zero-order valence-electron chi connectivity index (χ0n) is 14.8. The van der Waals surface area contributed by atoms with Crippen molar-refractivity contribution >= 4 is 11.0 Å². The Bertz CT molecular complexity index is 1030. The molecule has 0 N–H and O–H groups in total. The zero-order chi connectivity index (χ0) is 17.9. The van der Waals surface area contributed by atoms with E-state index >= 15 is 0 Å². The Morgan fingerprint density at radius 3 is 2.54 bits per heavy atom. The summed E-state index contributed by atoms with van der Waals surface area (Å²) in [4.78, 5) is 11.5. The molecule has 0 aliphatic rings. The molecule has 0 radical (unpaired) electrons. The largest absolute Gasteiger partial charge is 0.295 e. The van der Waals surface area contributed by atoms with Gasteiger partial charge in [-0.25, -0.2) is 14.6 Å². The highest BCUT2D eigenvalue weighted by Crippen LogP contribution is 2.18. The van der Waals surface area contributed by atoms with Crippen LogP contribution in [-0.4, -0.2) is 32.2 Å². The maximum absolute atomic E-state index is 4.76. The Hall–Kier alpha value is -3.12. The Labute approximate surface area is 151 Å². The molecule has 2 aromatic heterocycles. The van der Waals surface area contributed by atoms with Gasteiger partial charge < -0.3 is 0 Å². The molecular formula is C20H19N5O.